The lowest BCUT2D eigenvalue weighted by Crippen LogP contribution is -2.57. The molecule has 9 nitrogen and oxygen atoms in total. The van der Waals surface area contributed by atoms with Gasteiger partial charge in [0.25, 0.3) is 0 Å². The van der Waals surface area contributed by atoms with Crippen LogP contribution in [0.15, 0.2) is 30.3 Å². The summed E-state index contributed by atoms with van der Waals surface area (Å²) in [7, 11) is 0. The molecule has 5 saturated heterocycles. The van der Waals surface area contributed by atoms with Crippen LogP contribution < -0.4 is 0 Å². The van der Waals surface area contributed by atoms with Crippen molar-refractivity contribution in [2.24, 2.45) is 0 Å². The molecule has 3 N–H and O–H groups in total. The van der Waals surface area contributed by atoms with Crippen LogP contribution in [-0.2, 0) is 35.0 Å². The van der Waals surface area contributed by atoms with Crippen molar-refractivity contribution in [3.05, 3.63) is 35.9 Å². The van der Waals surface area contributed by atoms with E-state index >= 15 is 0 Å². The molecule has 0 spiro atoms. The third-order valence-electron chi connectivity index (χ3n) is 9.26. The van der Waals surface area contributed by atoms with Crippen LogP contribution in [0, 0.1) is 0 Å². The summed E-state index contributed by atoms with van der Waals surface area (Å²) < 4.78 is 39.0. The van der Waals surface area contributed by atoms with Gasteiger partial charge in [-0.05, 0) is 44.1 Å². The maximum Gasteiger partial charge on any atom is 0.107 e. The molecule has 12 atom stereocenters. The molecule has 0 saturated carbocycles. The molecule has 0 bridgehead atoms. The van der Waals surface area contributed by atoms with Crippen molar-refractivity contribution in [3.8, 4) is 0 Å². The number of fused-ring (bicyclic) bond motifs is 4. The van der Waals surface area contributed by atoms with Crippen molar-refractivity contribution in [2.75, 3.05) is 13.2 Å². The van der Waals surface area contributed by atoms with E-state index < -0.39 is 12.2 Å². The molecule has 5 heterocycles. The lowest BCUT2D eigenvalue weighted by atomic mass is 9.88. The first-order valence-corrected chi connectivity index (χ1v) is 14.9. The Morgan fingerprint density at radius 3 is 1.92 bits per heavy atom. The lowest BCUT2D eigenvalue weighted by Gasteiger charge is -2.48. The van der Waals surface area contributed by atoms with Gasteiger partial charge in [-0.25, -0.2) is 0 Å². The minimum atomic E-state index is -0.678. The lowest BCUT2D eigenvalue weighted by molar-refractivity contribution is -0.269. The SMILES string of the molecule is OCCC[C@@H]1O[C@@H]2CC[C@@H]3O[C@@H]4C[C@@H]5O[C@H](CO)[C@@H](O)CC[C@H]5O[C@H]4C[C@H]3O[C@H]2C[C@H]1OCc1ccccc1. The third kappa shape index (κ3) is 6.37. The van der Waals surface area contributed by atoms with E-state index in [1.807, 2.05) is 18.2 Å². The smallest absolute Gasteiger partial charge is 0.107 e. The summed E-state index contributed by atoms with van der Waals surface area (Å²) in [4.78, 5) is 0. The molecular weight excluding hydrogens is 504 g/mol. The molecule has 1 aromatic rings. The van der Waals surface area contributed by atoms with Crippen molar-refractivity contribution >= 4 is 0 Å². The molecule has 39 heavy (non-hydrogen) atoms. The van der Waals surface area contributed by atoms with Crippen molar-refractivity contribution in [1.29, 1.82) is 0 Å². The zero-order valence-electron chi connectivity index (χ0n) is 22.6. The fourth-order valence-electron chi connectivity index (χ4n) is 7.15. The van der Waals surface area contributed by atoms with Gasteiger partial charge in [0.1, 0.15) is 6.10 Å². The van der Waals surface area contributed by atoms with Crippen LogP contribution in [0.25, 0.3) is 0 Å². The quantitative estimate of drug-likeness (QED) is 0.472. The average molecular weight is 549 g/mol. The molecular formula is C30H44O9. The second-order valence-electron chi connectivity index (χ2n) is 11.9. The largest absolute Gasteiger partial charge is 0.396 e. The fourth-order valence-corrected chi connectivity index (χ4v) is 7.15. The van der Waals surface area contributed by atoms with E-state index in [4.69, 9.17) is 28.4 Å². The number of aliphatic hydroxyl groups excluding tert-OH is 3. The molecule has 0 unspecified atom stereocenters. The van der Waals surface area contributed by atoms with Crippen LogP contribution in [-0.4, -0.2) is 102 Å². The zero-order valence-corrected chi connectivity index (χ0v) is 22.6. The molecule has 9 heteroatoms. The molecule has 5 fully saturated rings. The number of rotatable bonds is 7. The number of hydrogen-bond donors (Lipinski definition) is 3. The van der Waals surface area contributed by atoms with Crippen LogP contribution in [0.2, 0.25) is 0 Å². The van der Waals surface area contributed by atoms with Crippen LogP contribution >= 0.6 is 0 Å². The van der Waals surface area contributed by atoms with E-state index in [0.717, 1.165) is 37.7 Å². The highest BCUT2D eigenvalue weighted by Crippen LogP contribution is 2.42. The molecule has 6 rings (SSSR count). The van der Waals surface area contributed by atoms with Crippen LogP contribution in [0.3, 0.4) is 0 Å². The zero-order chi connectivity index (χ0) is 26.8. The van der Waals surface area contributed by atoms with Gasteiger partial charge in [0.2, 0.25) is 0 Å². The first kappa shape index (κ1) is 28.0. The number of hydrogen-bond acceptors (Lipinski definition) is 9. The second kappa shape index (κ2) is 12.8. The van der Waals surface area contributed by atoms with Gasteiger partial charge in [0, 0.05) is 25.9 Å². The Morgan fingerprint density at radius 1 is 0.667 bits per heavy atom. The summed E-state index contributed by atoms with van der Waals surface area (Å²) in [5, 5.41) is 29.5. The van der Waals surface area contributed by atoms with Gasteiger partial charge >= 0.3 is 0 Å². The molecule has 1 aromatic carbocycles. The van der Waals surface area contributed by atoms with Crippen molar-refractivity contribution in [1.82, 2.24) is 0 Å². The highest BCUT2D eigenvalue weighted by Gasteiger charge is 2.51. The van der Waals surface area contributed by atoms with E-state index in [2.05, 4.69) is 12.1 Å². The first-order chi connectivity index (χ1) is 19.1. The van der Waals surface area contributed by atoms with Gasteiger partial charge < -0.3 is 43.7 Å². The Kier molecular flexibility index (Phi) is 9.19. The topological polar surface area (TPSA) is 116 Å². The normalized spacial score (nSPS) is 44.2. The predicted molar refractivity (Wildman–Crippen MR) is 140 cm³/mol. The monoisotopic (exact) mass is 548 g/mol. The average Bonchev–Trinajstić information content (AvgIpc) is 3.23. The van der Waals surface area contributed by atoms with Crippen LogP contribution in [0.1, 0.15) is 63.4 Å². The summed E-state index contributed by atoms with van der Waals surface area (Å²) in [5.41, 5.74) is 1.13. The fraction of sp³-hybridized carbons (Fsp3) is 0.800. The van der Waals surface area contributed by atoms with E-state index in [-0.39, 0.29) is 74.3 Å². The molecule has 5 aliphatic heterocycles. The molecule has 0 aromatic heterocycles. The molecule has 0 amide bonds. The summed E-state index contributed by atoms with van der Waals surface area (Å²) in [6.07, 6.45) is 4.49. The van der Waals surface area contributed by atoms with E-state index in [1.165, 1.54) is 0 Å². The minimum absolute atomic E-state index is 0.0244. The summed E-state index contributed by atoms with van der Waals surface area (Å²) in [6, 6.07) is 10.2. The highest BCUT2D eigenvalue weighted by molar-refractivity contribution is 5.13. The van der Waals surface area contributed by atoms with Gasteiger partial charge in [-0.1, -0.05) is 30.3 Å². The second-order valence-corrected chi connectivity index (χ2v) is 11.9. The minimum Gasteiger partial charge on any atom is -0.396 e. The Hall–Kier alpha value is -1.14. The summed E-state index contributed by atoms with van der Waals surface area (Å²) in [6.45, 7) is 0.460. The molecule has 5 aliphatic rings. The van der Waals surface area contributed by atoms with Crippen molar-refractivity contribution in [3.63, 3.8) is 0 Å². The third-order valence-corrected chi connectivity index (χ3v) is 9.26. The predicted octanol–water partition coefficient (Wildman–Crippen LogP) is 2.27. The van der Waals surface area contributed by atoms with Gasteiger partial charge in [-0.3, -0.25) is 0 Å². The number of aliphatic hydroxyl groups is 3. The van der Waals surface area contributed by atoms with Crippen LogP contribution in [0.4, 0.5) is 0 Å². The molecule has 0 radical (unpaired) electrons. The van der Waals surface area contributed by atoms with Crippen molar-refractivity contribution < 1.29 is 43.7 Å². The Morgan fingerprint density at radius 2 is 1.23 bits per heavy atom. The standard InChI is InChI=1S/C30H44O9/c31-12-4-7-20-24(34-17-18-5-2-1-3-6-18)13-25-22(35-20)10-11-23-26(38-25)14-28-29(37-23)15-27-21(36-28)9-8-19(33)30(16-32)39-27/h1-3,5-6,19-33H,4,7-17H2/t19-,20-,21+,22+,23-,24+,25-,26+,27-,28-,29+,30+/m0/s1. The maximum atomic E-state index is 10.3. The van der Waals surface area contributed by atoms with E-state index in [9.17, 15) is 15.3 Å². The Bertz CT molecular complexity index is 902. The van der Waals surface area contributed by atoms with E-state index in [0.29, 0.717) is 32.3 Å². The van der Waals surface area contributed by atoms with Gasteiger partial charge in [-0.15, -0.1) is 0 Å². The van der Waals surface area contributed by atoms with Crippen molar-refractivity contribution in [2.45, 2.75) is 138 Å². The summed E-state index contributed by atoms with van der Waals surface area (Å²) in [5.74, 6) is 0. The number of benzene rings is 1. The Balaban J connectivity index is 1.11. The maximum absolute atomic E-state index is 10.3. The highest BCUT2D eigenvalue weighted by atomic mass is 16.6. The number of ether oxygens (including phenoxy) is 6. The summed E-state index contributed by atoms with van der Waals surface area (Å²) >= 11 is 0. The first-order valence-electron chi connectivity index (χ1n) is 14.9. The van der Waals surface area contributed by atoms with Gasteiger partial charge in [0.15, 0.2) is 0 Å². The Labute approximate surface area is 230 Å². The van der Waals surface area contributed by atoms with Gasteiger partial charge in [0.05, 0.1) is 80.4 Å². The van der Waals surface area contributed by atoms with E-state index in [1.54, 1.807) is 0 Å². The molecule has 218 valence electrons. The molecule has 0 aliphatic carbocycles. The van der Waals surface area contributed by atoms with Crippen LogP contribution in [0.5, 0.6) is 0 Å². The van der Waals surface area contributed by atoms with Gasteiger partial charge in [-0.2, -0.15) is 0 Å².